The summed E-state index contributed by atoms with van der Waals surface area (Å²) in [7, 11) is -4.79. The van der Waals surface area contributed by atoms with Gasteiger partial charge in [0.25, 0.3) is 0 Å². The van der Waals surface area contributed by atoms with E-state index in [0.717, 1.165) is 0 Å². The van der Waals surface area contributed by atoms with Gasteiger partial charge in [-0.2, -0.15) is 34.8 Å². The van der Waals surface area contributed by atoms with Crippen LogP contribution in [-0.2, 0) is 31.3 Å². The molecule has 0 saturated carbocycles. The lowest BCUT2D eigenvalue weighted by atomic mass is 10.1. The minimum atomic E-state index is -5.19. The fourth-order valence-corrected chi connectivity index (χ4v) is 1.98. The van der Waals surface area contributed by atoms with Gasteiger partial charge in [0, 0.05) is 0 Å². The fourth-order valence-electron chi connectivity index (χ4n) is 1.50. The van der Waals surface area contributed by atoms with Crippen molar-refractivity contribution in [2.45, 2.75) is 12.4 Å². The number of hydrogen-bond donors (Lipinski definition) is 1. The van der Waals surface area contributed by atoms with Crippen molar-refractivity contribution < 1.29 is 43.3 Å². The third-order valence-corrected chi connectivity index (χ3v) is 2.85. The molecule has 0 unspecified atom stereocenters. The molecule has 1 heterocycles. The third-order valence-electron chi connectivity index (χ3n) is 2.24. The molecule has 0 bridgehead atoms. The summed E-state index contributed by atoms with van der Waals surface area (Å²) in [6.07, 6.45) is -10.4. The highest BCUT2D eigenvalue weighted by molar-refractivity contribution is 7.82. The molecule has 6 nitrogen and oxygen atoms in total. The average Bonchev–Trinajstić information content (AvgIpc) is 2.66. The third kappa shape index (κ3) is 3.20. The lowest BCUT2D eigenvalue weighted by molar-refractivity contribution is -0.142. The van der Waals surface area contributed by atoms with Crippen molar-refractivity contribution in [2.75, 3.05) is 5.17 Å². The molecule has 1 aliphatic heterocycles. The van der Waals surface area contributed by atoms with E-state index < -0.39 is 39.6 Å². The van der Waals surface area contributed by atoms with Gasteiger partial charge in [0.05, 0.1) is 11.1 Å². The number of hydrazine groups is 1. The highest BCUT2D eigenvalue weighted by Gasteiger charge is 2.45. The summed E-state index contributed by atoms with van der Waals surface area (Å²) in [5.41, 5.74) is -3.79. The van der Waals surface area contributed by atoms with Gasteiger partial charge in [0.1, 0.15) is 5.69 Å². The Balaban J connectivity index is 2.66. The molecule has 0 spiro atoms. The van der Waals surface area contributed by atoms with Gasteiger partial charge in [-0.25, -0.2) is 0 Å². The highest BCUT2D eigenvalue weighted by atomic mass is 32.3. The largest absolute Gasteiger partial charge is 0.440 e. The zero-order valence-electron chi connectivity index (χ0n) is 9.49. The van der Waals surface area contributed by atoms with Crippen molar-refractivity contribution in [1.82, 2.24) is 5.59 Å². The second kappa shape index (κ2) is 4.72. The molecule has 118 valence electrons. The van der Waals surface area contributed by atoms with E-state index in [1.807, 2.05) is 0 Å². The molecule has 13 heteroatoms. The van der Waals surface area contributed by atoms with Gasteiger partial charge in [-0.1, -0.05) is 11.7 Å². The summed E-state index contributed by atoms with van der Waals surface area (Å²) in [6, 6.07) is 1.20. The molecule has 0 amide bonds. The zero-order valence-corrected chi connectivity index (χ0v) is 10.3. The van der Waals surface area contributed by atoms with Gasteiger partial charge in [-0.3, -0.25) is 0 Å². The van der Waals surface area contributed by atoms with Gasteiger partial charge in [-0.05, 0) is 12.1 Å². The first-order chi connectivity index (χ1) is 9.42. The van der Waals surface area contributed by atoms with Gasteiger partial charge >= 0.3 is 22.8 Å². The average molecular weight is 338 g/mol. The maximum Gasteiger partial charge on any atom is 0.440 e. The van der Waals surface area contributed by atoms with E-state index in [4.69, 9.17) is 0 Å². The molecule has 1 aromatic rings. The summed E-state index contributed by atoms with van der Waals surface area (Å²) in [5, 5.41) is -0.360. The topological polar surface area (TPSA) is 67.9 Å². The molecule has 1 N–H and O–H groups in total. The molecular weight excluding hydrogens is 334 g/mol. The van der Waals surface area contributed by atoms with Crippen LogP contribution in [0.2, 0.25) is 0 Å². The van der Waals surface area contributed by atoms with Crippen molar-refractivity contribution in [3.63, 3.8) is 0 Å². The number of benzene rings is 1. The molecule has 1 fully saturated rings. The van der Waals surface area contributed by atoms with E-state index in [1.54, 1.807) is 0 Å². The van der Waals surface area contributed by atoms with Crippen molar-refractivity contribution in [1.29, 1.82) is 0 Å². The number of anilines is 1. The van der Waals surface area contributed by atoms with Crippen LogP contribution in [0.15, 0.2) is 18.2 Å². The monoisotopic (exact) mass is 338 g/mol. The molecule has 21 heavy (non-hydrogen) atoms. The van der Waals surface area contributed by atoms with Crippen molar-refractivity contribution >= 4 is 16.1 Å². The first-order valence-corrected chi connectivity index (χ1v) is 6.21. The summed E-state index contributed by atoms with van der Waals surface area (Å²) < 4.78 is 106. The standard InChI is InChI=1S/C8H4F6N2O4S/c9-7(10,11)4-2-1-3-5(8(12,13)14)6(4)16-15-19-21(17,18)20-16/h1-3,15H. The van der Waals surface area contributed by atoms with Crippen LogP contribution in [0.25, 0.3) is 0 Å². The number of para-hydroxylation sites is 1. The van der Waals surface area contributed by atoms with Crippen LogP contribution in [0.5, 0.6) is 0 Å². The smallest absolute Gasteiger partial charge is 0.166 e. The molecule has 1 saturated heterocycles. The number of nitrogens with zero attached hydrogens (tertiary/aromatic N) is 1. The van der Waals surface area contributed by atoms with Crippen LogP contribution >= 0.6 is 0 Å². The Morgan fingerprint density at radius 2 is 1.48 bits per heavy atom. The molecule has 0 atom stereocenters. The Bertz CT molecular complexity index is 623. The van der Waals surface area contributed by atoms with Gasteiger partial charge in [0.15, 0.2) is 0 Å². The number of hydrogen-bond acceptors (Lipinski definition) is 6. The minimum Gasteiger partial charge on any atom is -0.166 e. The van der Waals surface area contributed by atoms with Crippen molar-refractivity contribution in [3.05, 3.63) is 29.3 Å². The van der Waals surface area contributed by atoms with E-state index in [-0.39, 0.29) is 5.17 Å². The van der Waals surface area contributed by atoms with Crippen molar-refractivity contribution in [2.24, 2.45) is 0 Å². The van der Waals surface area contributed by atoms with E-state index >= 15 is 0 Å². The van der Waals surface area contributed by atoms with Crippen LogP contribution in [0.1, 0.15) is 11.1 Å². The van der Waals surface area contributed by atoms with Gasteiger partial charge in [0.2, 0.25) is 0 Å². The van der Waals surface area contributed by atoms with E-state index in [2.05, 4.69) is 8.57 Å². The molecule has 0 radical (unpaired) electrons. The van der Waals surface area contributed by atoms with Gasteiger partial charge < -0.3 is 0 Å². The van der Waals surface area contributed by atoms with Crippen LogP contribution in [0, 0.1) is 0 Å². The quantitative estimate of drug-likeness (QED) is 0.792. The number of rotatable bonds is 1. The zero-order chi connectivity index (χ0) is 16.1. The lowest BCUT2D eigenvalue weighted by Crippen LogP contribution is -2.33. The number of halogens is 6. The molecule has 1 aromatic carbocycles. The summed E-state index contributed by atoms with van der Waals surface area (Å²) in [6.45, 7) is 0. The summed E-state index contributed by atoms with van der Waals surface area (Å²) in [4.78, 5) is 0. The van der Waals surface area contributed by atoms with Crippen LogP contribution in [0.3, 0.4) is 0 Å². The molecule has 0 aliphatic carbocycles. The first kappa shape index (κ1) is 15.8. The van der Waals surface area contributed by atoms with Crippen LogP contribution < -0.4 is 10.8 Å². The SMILES string of the molecule is O=S1(=O)ONN(c2c(C(F)(F)F)cccc2C(F)(F)F)O1. The molecule has 1 aliphatic rings. The van der Waals surface area contributed by atoms with Crippen molar-refractivity contribution in [3.8, 4) is 0 Å². The van der Waals surface area contributed by atoms with E-state index in [9.17, 15) is 34.8 Å². The second-order valence-corrected chi connectivity index (χ2v) is 4.78. The molecular formula is C8H4F6N2O4S. The summed E-state index contributed by atoms with van der Waals surface area (Å²) >= 11 is 0. The Morgan fingerprint density at radius 1 is 1.00 bits per heavy atom. The highest BCUT2D eigenvalue weighted by Crippen LogP contribution is 2.44. The lowest BCUT2D eigenvalue weighted by Gasteiger charge is -2.22. The number of alkyl halides is 6. The van der Waals surface area contributed by atoms with Gasteiger partial charge in [-0.15, -0.1) is 13.7 Å². The Kier molecular flexibility index (Phi) is 3.56. The maximum atomic E-state index is 12.8. The van der Waals surface area contributed by atoms with Crippen LogP contribution in [-0.4, -0.2) is 8.42 Å². The predicted molar refractivity (Wildman–Crippen MR) is 53.2 cm³/mol. The predicted octanol–water partition coefficient (Wildman–Crippen LogP) is 2.16. The Hall–Kier alpha value is -1.57. The normalized spacial score (nSPS) is 19.0. The minimum absolute atomic E-state index is 0.334. The maximum absolute atomic E-state index is 12.8. The van der Waals surface area contributed by atoms with Crippen LogP contribution in [0.4, 0.5) is 32.0 Å². The first-order valence-electron chi connectivity index (χ1n) is 4.88. The number of nitrogens with one attached hydrogen (secondary N) is 1. The molecule has 0 aromatic heterocycles. The molecule has 2 rings (SSSR count). The summed E-state index contributed by atoms with van der Waals surface area (Å²) in [5.74, 6) is 0. The van der Waals surface area contributed by atoms with E-state index in [1.165, 1.54) is 5.59 Å². The fraction of sp³-hybridized carbons (Fsp3) is 0.250. The van der Waals surface area contributed by atoms with E-state index in [0.29, 0.717) is 18.2 Å². The second-order valence-electron chi connectivity index (χ2n) is 3.65. The Labute approximate surface area is 113 Å². The Morgan fingerprint density at radius 3 is 1.81 bits per heavy atom.